The Bertz CT molecular complexity index is 466. The van der Waals surface area contributed by atoms with Gasteiger partial charge in [-0.05, 0) is 11.5 Å². The molecule has 4 N–H and O–H groups in total. The van der Waals surface area contributed by atoms with Gasteiger partial charge in [0.1, 0.15) is 5.84 Å². The number of benzene rings is 1. The van der Waals surface area contributed by atoms with E-state index in [1.165, 1.54) is 6.07 Å². The van der Waals surface area contributed by atoms with Gasteiger partial charge in [0.25, 0.3) is 5.69 Å². The van der Waals surface area contributed by atoms with Crippen molar-refractivity contribution < 1.29 is 15.0 Å². The minimum absolute atomic E-state index is 0.0281. The Balaban J connectivity index is 3.26. The van der Waals surface area contributed by atoms with Crippen LogP contribution in [0, 0.1) is 10.1 Å². The molecular weight excluding hydrogens is 248 g/mol. The zero-order valence-corrected chi connectivity index (χ0v) is 9.33. The van der Waals surface area contributed by atoms with Gasteiger partial charge < -0.3 is 15.8 Å². The van der Waals surface area contributed by atoms with E-state index in [1.54, 1.807) is 0 Å². The van der Waals surface area contributed by atoms with Crippen LogP contribution in [0.25, 0.3) is 0 Å². The first kappa shape index (κ1) is 13.4. The summed E-state index contributed by atoms with van der Waals surface area (Å²) in [6.45, 7) is 0. The third-order valence-electron chi connectivity index (χ3n) is 1.84. The Morgan fingerprint density at radius 3 is 2.65 bits per heavy atom. The molecule has 0 radical (unpaired) electrons. The van der Waals surface area contributed by atoms with Crippen LogP contribution in [0.4, 0.5) is 11.4 Å². The number of amidine groups is 1. The molecule has 0 atom stereocenters. The van der Waals surface area contributed by atoms with E-state index in [2.05, 4.69) is 4.99 Å². The van der Waals surface area contributed by atoms with E-state index in [0.29, 0.717) is 0 Å². The normalized spacial score (nSPS) is 11.4. The molecule has 7 nitrogen and oxygen atoms in total. The second kappa shape index (κ2) is 5.62. The van der Waals surface area contributed by atoms with Gasteiger partial charge in [-0.1, -0.05) is 0 Å². The standard InChI is InChI=1S/C8H9BClN3O4/c10-4-8(11)12-6-1-5(9(14)15)2-7(3-6)13(16)17/h1-3,14-15H,4H2,(H2,11,12). The minimum Gasteiger partial charge on any atom is -0.423 e. The molecule has 1 aromatic carbocycles. The Labute approximate surface area is 102 Å². The molecule has 0 heterocycles. The average molecular weight is 257 g/mol. The van der Waals surface area contributed by atoms with Crippen LogP contribution in [0.5, 0.6) is 0 Å². The largest absolute Gasteiger partial charge is 0.488 e. The lowest BCUT2D eigenvalue weighted by molar-refractivity contribution is -0.384. The number of nitrogens with zero attached hydrogens (tertiary/aromatic N) is 2. The number of nitro groups is 1. The fraction of sp³-hybridized carbons (Fsp3) is 0.125. The number of nitrogens with two attached hydrogens (primary N) is 1. The van der Waals surface area contributed by atoms with E-state index in [4.69, 9.17) is 27.4 Å². The number of rotatable bonds is 4. The molecule has 0 aromatic heterocycles. The van der Waals surface area contributed by atoms with Crippen LogP contribution in [0.2, 0.25) is 0 Å². The highest BCUT2D eigenvalue weighted by atomic mass is 35.5. The summed E-state index contributed by atoms with van der Waals surface area (Å²) < 4.78 is 0. The predicted molar refractivity (Wildman–Crippen MR) is 64.9 cm³/mol. The summed E-state index contributed by atoms with van der Waals surface area (Å²) in [6.07, 6.45) is 0. The zero-order valence-electron chi connectivity index (χ0n) is 8.58. The molecule has 9 heteroatoms. The van der Waals surface area contributed by atoms with Crippen LogP contribution >= 0.6 is 11.6 Å². The Hall–Kier alpha value is -1.64. The molecule has 1 rings (SSSR count). The molecule has 90 valence electrons. The molecule has 0 aliphatic rings. The van der Waals surface area contributed by atoms with E-state index >= 15 is 0 Å². The highest BCUT2D eigenvalue weighted by molar-refractivity contribution is 6.58. The lowest BCUT2D eigenvalue weighted by atomic mass is 9.80. The molecule has 1 aromatic rings. The maximum atomic E-state index is 10.6. The van der Waals surface area contributed by atoms with Crippen molar-refractivity contribution in [3.05, 3.63) is 28.3 Å². The Morgan fingerprint density at radius 1 is 1.53 bits per heavy atom. The van der Waals surface area contributed by atoms with E-state index in [-0.39, 0.29) is 28.6 Å². The van der Waals surface area contributed by atoms with Gasteiger partial charge in [0, 0.05) is 12.1 Å². The summed E-state index contributed by atoms with van der Waals surface area (Å²) >= 11 is 5.42. The molecule has 0 saturated heterocycles. The number of alkyl halides is 1. The summed E-state index contributed by atoms with van der Waals surface area (Å²) in [5, 5.41) is 28.6. The topological polar surface area (TPSA) is 122 Å². The predicted octanol–water partition coefficient (Wildman–Crippen LogP) is -0.498. The van der Waals surface area contributed by atoms with E-state index in [0.717, 1.165) is 12.1 Å². The second-order valence-corrected chi connectivity index (χ2v) is 3.42. The van der Waals surface area contributed by atoms with Crippen LogP contribution in [-0.4, -0.2) is 33.8 Å². The van der Waals surface area contributed by atoms with Crippen molar-refractivity contribution in [3.8, 4) is 0 Å². The third-order valence-corrected chi connectivity index (χ3v) is 2.12. The number of hydrogen-bond acceptors (Lipinski definition) is 5. The van der Waals surface area contributed by atoms with Crippen molar-refractivity contribution in [2.45, 2.75) is 0 Å². The van der Waals surface area contributed by atoms with Gasteiger partial charge >= 0.3 is 7.12 Å². The van der Waals surface area contributed by atoms with Gasteiger partial charge in [0.05, 0.1) is 16.5 Å². The SMILES string of the molecule is NC(CCl)=Nc1cc(B(O)O)cc([N+](=O)[O-])c1. The van der Waals surface area contributed by atoms with Crippen molar-refractivity contribution in [2.75, 3.05) is 5.88 Å². The van der Waals surface area contributed by atoms with Gasteiger partial charge in [-0.15, -0.1) is 11.6 Å². The number of halogens is 1. The van der Waals surface area contributed by atoms with E-state index < -0.39 is 12.0 Å². The molecule has 0 bridgehead atoms. The van der Waals surface area contributed by atoms with Crippen molar-refractivity contribution in [2.24, 2.45) is 10.7 Å². The van der Waals surface area contributed by atoms with Crippen LogP contribution < -0.4 is 11.2 Å². The maximum Gasteiger partial charge on any atom is 0.488 e. The van der Waals surface area contributed by atoms with Gasteiger partial charge in [0.15, 0.2) is 0 Å². The van der Waals surface area contributed by atoms with Crippen molar-refractivity contribution in [1.29, 1.82) is 0 Å². The Kier molecular flexibility index (Phi) is 4.44. The van der Waals surface area contributed by atoms with Gasteiger partial charge in [-0.3, -0.25) is 10.1 Å². The molecule has 17 heavy (non-hydrogen) atoms. The van der Waals surface area contributed by atoms with Gasteiger partial charge in [0.2, 0.25) is 0 Å². The molecule has 0 unspecified atom stereocenters. The molecule has 0 spiro atoms. The highest BCUT2D eigenvalue weighted by Crippen LogP contribution is 2.18. The summed E-state index contributed by atoms with van der Waals surface area (Å²) in [6, 6.07) is 3.48. The lowest BCUT2D eigenvalue weighted by Crippen LogP contribution is -2.29. The molecule has 0 aliphatic heterocycles. The lowest BCUT2D eigenvalue weighted by Gasteiger charge is -2.02. The molecule has 0 aliphatic carbocycles. The van der Waals surface area contributed by atoms with Crippen LogP contribution in [-0.2, 0) is 0 Å². The fourth-order valence-corrected chi connectivity index (χ4v) is 1.19. The summed E-state index contributed by atoms with van der Waals surface area (Å²) in [7, 11) is -1.82. The zero-order chi connectivity index (χ0) is 13.0. The highest BCUT2D eigenvalue weighted by Gasteiger charge is 2.17. The van der Waals surface area contributed by atoms with Crippen molar-refractivity contribution >= 4 is 41.4 Å². The molecule has 0 saturated carbocycles. The van der Waals surface area contributed by atoms with E-state index in [1.807, 2.05) is 0 Å². The second-order valence-electron chi connectivity index (χ2n) is 3.15. The summed E-state index contributed by atoms with van der Waals surface area (Å²) in [4.78, 5) is 13.8. The first-order valence-electron chi connectivity index (χ1n) is 4.48. The van der Waals surface area contributed by atoms with Crippen molar-refractivity contribution in [3.63, 3.8) is 0 Å². The number of hydrogen-bond donors (Lipinski definition) is 3. The number of non-ortho nitro benzene ring substituents is 1. The average Bonchev–Trinajstić information content (AvgIpc) is 2.28. The number of nitro benzene ring substituents is 1. The molecule has 0 amide bonds. The first-order valence-corrected chi connectivity index (χ1v) is 5.02. The first-order chi connectivity index (χ1) is 7.93. The smallest absolute Gasteiger partial charge is 0.423 e. The van der Waals surface area contributed by atoms with E-state index in [9.17, 15) is 10.1 Å². The molecule has 0 fully saturated rings. The van der Waals surface area contributed by atoms with Crippen LogP contribution in [0.15, 0.2) is 23.2 Å². The van der Waals surface area contributed by atoms with Gasteiger partial charge in [-0.25, -0.2) is 4.99 Å². The van der Waals surface area contributed by atoms with Crippen LogP contribution in [0.3, 0.4) is 0 Å². The molecular formula is C8H9BClN3O4. The minimum atomic E-state index is -1.82. The third kappa shape index (κ3) is 3.70. The summed E-state index contributed by atoms with van der Waals surface area (Å²) in [5.41, 5.74) is 5.17. The van der Waals surface area contributed by atoms with Crippen molar-refractivity contribution in [1.82, 2.24) is 0 Å². The quantitative estimate of drug-likeness (QED) is 0.168. The van der Waals surface area contributed by atoms with Gasteiger partial charge in [-0.2, -0.15) is 0 Å². The fourth-order valence-electron chi connectivity index (χ4n) is 1.13. The Morgan fingerprint density at radius 2 is 2.18 bits per heavy atom. The maximum absolute atomic E-state index is 10.6. The summed E-state index contributed by atoms with van der Waals surface area (Å²) in [5.74, 6) is 0.0465. The van der Waals surface area contributed by atoms with Crippen LogP contribution in [0.1, 0.15) is 0 Å². The monoisotopic (exact) mass is 257 g/mol. The number of aliphatic imine (C=N–C) groups is 1.